The standard InChI is InChI=1S/C25H23N3O3/c29-23-13-6-14-27(23)22-11-4-3-10-20(22)26-25(31)18-15-24(30)28(16-18)21-12-5-8-17-7-1-2-9-19(17)21/h1-5,7-12,18H,6,13-16H2,(H,26,31). The van der Waals surface area contributed by atoms with Crippen LogP contribution in [0.3, 0.4) is 0 Å². The molecule has 2 aliphatic rings. The first-order valence-electron chi connectivity index (χ1n) is 10.6. The van der Waals surface area contributed by atoms with Crippen LogP contribution in [-0.2, 0) is 14.4 Å². The third-order valence-electron chi connectivity index (χ3n) is 6.08. The van der Waals surface area contributed by atoms with Gasteiger partial charge in [0.05, 0.1) is 23.0 Å². The Morgan fingerprint density at radius 1 is 0.839 bits per heavy atom. The highest BCUT2D eigenvalue weighted by Gasteiger charge is 2.36. The number of nitrogens with one attached hydrogen (secondary N) is 1. The van der Waals surface area contributed by atoms with Crippen LogP contribution >= 0.6 is 0 Å². The summed E-state index contributed by atoms with van der Waals surface area (Å²) in [7, 11) is 0. The third-order valence-corrected chi connectivity index (χ3v) is 6.08. The maximum atomic E-state index is 13.1. The van der Waals surface area contributed by atoms with Crippen molar-refractivity contribution in [2.45, 2.75) is 19.3 Å². The molecule has 3 amide bonds. The summed E-state index contributed by atoms with van der Waals surface area (Å²) in [5.41, 5.74) is 2.16. The summed E-state index contributed by atoms with van der Waals surface area (Å²) in [6, 6.07) is 21.1. The molecule has 6 nitrogen and oxygen atoms in total. The van der Waals surface area contributed by atoms with Gasteiger partial charge < -0.3 is 15.1 Å². The lowest BCUT2D eigenvalue weighted by molar-refractivity contribution is -0.122. The van der Waals surface area contributed by atoms with Crippen molar-refractivity contribution in [2.24, 2.45) is 5.92 Å². The van der Waals surface area contributed by atoms with Crippen LogP contribution in [0.15, 0.2) is 66.7 Å². The third kappa shape index (κ3) is 3.54. The van der Waals surface area contributed by atoms with E-state index in [2.05, 4.69) is 5.32 Å². The lowest BCUT2D eigenvalue weighted by Crippen LogP contribution is -2.29. The van der Waals surface area contributed by atoms with Gasteiger partial charge in [-0.25, -0.2) is 0 Å². The van der Waals surface area contributed by atoms with Gasteiger partial charge in [-0.05, 0) is 30.0 Å². The van der Waals surface area contributed by atoms with Gasteiger partial charge in [-0.1, -0.05) is 48.5 Å². The van der Waals surface area contributed by atoms with E-state index < -0.39 is 5.92 Å². The normalized spacial score (nSPS) is 18.8. The highest BCUT2D eigenvalue weighted by Crippen LogP contribution is 2.33. The van der Waals surface area contributed by atoms with E-state index in [-0.39, 0.29) is 24.1 Å². The fourth-order valence-corrected chi connectivity index (χ4v) is 4.51. The van der Waals surface area contributed by atoms with Crippen LogP contribution in [0.1, 0.15) is 19.3 Å². The van der Waals surface area contributed by atoms with Gasteiger partial charge in [0.15, 0.2) is 0 Å². The number of nitrogens with zero attached hydrogens (tertiary/aromatic N) is 2. The monoisotopic (exact) mass is 413 g/mol. The quantitative estimate of drug-likeness (QED) is 0.704. The van der Waals surface area contributed by atoms with E-state index >= 15 is 0 Å². The zero-order chi connectivity index (χ0) is 21.4. The van der Waals surface area contributed by atoms with Crippen molar-refractivity contribution in [3.8, 4) is 0 Å². The van der Waals surface area contributed by atoms with Crippen molar-refractivity contribution >= 4 is 45.6 Å². The number of fused-ring (bicyclic) bond motifs is 1. The number of carbonyl (C=O) groups excluding carboxylic acids is 3. The van der Waals surface area contributed by atoms with Crippen LogP contribution in [0.4, 0.5) is 17.1 Å². The summed E-state index contributed by atoms with van der Waals surface area (Å²) in [4.78, 5) is 41.5. The van der Waals surface area contributed by atoms with Crippen molar-refractivity contribution in [3.63, 3.8) is 0 Å². The van der Waals surface area contributed by atoms with Crippen LogP contribution in [0.25, 0.3) is 10.8 Å². The molecule has 2 saturated heterocycles. The average Bonchev–Trinajstić information content (AvgIpc) is 3.39. The molecule has 1 atom stereocenters. The molecule has 0 saturated carbocycles. The van der Waals surface area contributed by atoms with E-state index in [1.54, 1.807) is 15.9 Å². The number of hydrogen-bond acceptors (Lipinski definition) is 3. The summed E-state index contributed by atoms with van der Waals surface area (Å²) in [5, 5.41) is 5.03. The Hall–Kier alpha value is -3.67. The van der Waals surface area contributed by atoms with E-state index in [0.29, 0.717) is 30.9 Å². The number of carbonyl (C=O) groups is 3. The Morgan fingerprint density at radius 3 is 2.42 bits per heavy atom. The minimum atomic E-state index is -0.450. The van der Waals surface area contributed by atoms with Gasteiger partial charge in [0.25, 0.3) is 0 Å². The molecular weight excluding hydrogens is 390 g/mol. The first-order chi connectivity index (χ1) is 15.1. The van der Waals surface area contributed by atoms with Crippen molar-refractivity contribution in [1.29, 1.82) is 0 Å². The minimum absolute atomic E-state index is 0.0560. The van der Waals surface area contributed by atoms with Crippen LogP contribution in [0.2, 0.25) is 0 Å². The Labute approximate surface area is 180 Å². The Morgan fingerprint density at radius 2 is 1.58 bits per heavy atom. The van der Waals surface area contributed by atoms with E-state index in [1.807, 2.05) is 60.7 Å². The first-order valence-corrected chi connectivity index (χ1v) is 10.6. The summed E-state index contributed by atoms with van der Waals surface area (Å²) < 4.78 is 0. The van der Waals surface area contributed by atoms with Crippen LogP contribution in [-0.4, -0.2) is 30.8 Å². The fraction of sp³-hybridized carbons (Fsp3) is 0.240. The Balaban J connectivity index is 1.36. The van der Waals surface area contributed by atoms with Gasteiger partial charge in [-0.15, -0.1) is 0 Å². The molecule has 2 aliphatic heterocycles. The number of amides is 3. The second kappa shape index (κ2) is 7.87. The predicted molar refractivity (Wildman–Crippen MR) is 121 cm³/mol. The van der Waals surface area contributed by atoms with Crippen LogP contribution in [0.5, 0.6) is 0 Å². The van der Waals surface area contributed by atoms with Crippen molar-refractivity contribution in [1.82, 2.24) is 0 Å². The molecule has 0 aliphatic carbocycles. The first kappa shape index (κ1) is 19.3. The van der Waals surface area contributed by atoms with Gasteiger partial charge in [0, 0.05) is 31.3 Å². The van der Waals surface area contributed by atoms with E-state index in [9.17, 15) is 14.4 Å². The number of benzene rings is 3. The lowest BCUT2D eigenvalue weighted by atomic mass is 10.1. The molecule has 6 heteroatoms. The molecule has 5 rings (SSSR count). The maximum Gasteiger partial charge on any atom is 0.229 e. The topological polar surface area (TPSA) is 69.7 Å². The number of rotatable bonds is 4. The van der Waals surface area contributed by atoms with Crippen LogP contribution < -0.4 is 15.1 Å². The predicted octanol–water partition coefficient (Wildman–Crippen LogP) is 3.96. The fourth-order valence-electron chi connectivity index (χ4n) is 4.51. The highest BCUT2D eigenvalue weighted by molar-refractivity contribution is 6.09. The molecule has 0 aromatic heterocycles. The molecule has 1 N–H and O–H groups in total. The Kier molecular flexibility index (Phi) is 4.90. The van der Waals surface area contributed by atoms with Crippen molar-refractivity contribution in [3.05, 3.63) is 66.7 Å². The average molecular weight is 413 g/mol. The van der Waals surface area contributed by atoms with Gasteiger partial charge in [-0.2, -0.15) is 0 Å². The molecule has 0 radical (unpaired) electrons. The molecule has 0 spiro atoms. The van der Waals surface area contributed by atoms with Gasteiger partial charge in [0.2, 0.25) is 17.7 Å². The second-order valence-corrected chi connectivity index (χ2v) is 8.06. The molecular formula is C25H23N3O3. The molecule has 1 unspecified atom stereocenters. The van der Waals surface area contributed by atoms with Gasteiger partial charge in [-0.3, -0.25) is 14.4 Å². The number of anilines is 3. The molecule has 3 aromatic carbocycles. The van der Waals surface area contributed by atoms with Crippen molar-refractivity contribution in [2.75, 3.05) is 28.2 Å². The number of para-hydroxylation sites is 2. The summed E-state index contributed by atoms with van der Waals surface area (Å²) in [6.45, 7) is 0.992. The molecule has 156 valence electrons. The van der Waals surface area contributed by atoms with E-state index in [4.69, 9.17) is 0 Å². The van der Waals surface area contributed by atoms with E-state index in [0.717, 1.165) is 22.9 Å². The lowest BCUT2D eigenvalue weighted by Gasteiger charge is -2.21. The molecule has 2 heterocycles. The van der Waals surface area contributed by atoms with Crippen molar-refractivity contribution < 1.29 is 14.4 Å². The SMILES string of the molecule is O=C(Nc1ccccc1N1CCCC1=O)C1CC(=O)N(c2cccc3ccccc23)C1. The molecule has 2 fully saturated rings. The molecule has 31 heavy (non-hydrogen) atoms. The zero-order valence-electron chi connectivity index (χ0n) is 17.1. The van der Waals surface area contributed by atoms with Gasteiger partial charge >= 0.3 is 0 Å². The summed E-state index contributed by atoms with van der Waals surface area (Å²) in [5.74, 6) is -0.636. The smallest absolute Gasteiger partial charge is 0.229 e. The second-order valence-electron chi connectivity index (χ2n) is 8.06. The largest absolute Gasteiger partial charge is 0.324 e. The highest BCUT2D eigenvalue weighted by atomic mass is 16.2. The number of hydrogen-bond donors (Lipinski definition) is 1. The Bertz CT molecular complexity index is 1180. The molecule has 0 bridgehead atoms. The maximum absolute atomic E-state index is 13.1. The molecule has 3 aromatic rings. The summed E-state index contributed by atoms with van der Waals surface area (Å²) in [6.07, 6.45) is 1.51. The van der Waals surface area contributed by atoms with E-state index in [1.165, 1.54) is 0 Å². The zero-order valence-corrected chi connectivity index (χ0v) is 17.1. The van der Waals surface area contributed by atoms with Crippen LogP contribution in [0, 0.1) is 5.92 Å². The van der Waals surface area contributed by atoms with Gasteiger partial charge in [0.1, 0.15) is 0 Å². The minimum Gasteiger partial charge on any atom is -0.324 e. The summed E-state index contributed by atoms with van der Waals surface area (Å²) >= 11 is 0.